The first-order chi connectivity index (χ1) is 10.7. The number of hydrogen-bond acceptors (Lipinski definition) is 2. The van der Waals surface area contributed by atoms with Gasteiger partial charge in [0.05, 0.1) is 11.8 Å². The number of nitrogens with one attached hydrogen (secondary N) is 1. The molecule has 0 spiro atoms. The first-order valence-electron chi connectivity index (χ1n) is 9.08. The number of aliphatic hydroxyl groups excluding tert-OH is 1. The molecule has 4 aliphatic rings. The lowest BCUT2D eigenvalue weighted by Gasteiger charge is -2.54. The van der Waals surface area contributed by atoms with E-state index in [2.05, 4.69) is 35.5 Å². The minimum Gasteiger partial charge on any atom is -0.393 e. The van der Waals surface area contributed by atoms with Crippen LogP contribution in [0.15, 0.2) is 12.3 Å². The molecule has 4 aliphatic carbocycles. The van der Waals surface area contributed by atoms with Crippen molar-refractivity contribution < 1.29 is 5.11 Å². The molecule has 0 aliphatic heterocycles. The molecule has 1 aromatic heterocycles. The number of fused-ring (bicyclic) bond motifs is 7. The Hall–Kier alpha value is -1.09. The van der Waals surface area contributed by atoms with Crippen LogP contribution in [0.3, 0.4) is 0 Å². The second-order valence-electron chi connectivity index (χ2n) is 8.42. The Labute approximate surface area is 132 Å². The second kappa shape index (κ2) is 4.47. The fourth-order valence-corrected chi connectivity index (χ4v) is 6.63. The Morgan fingerprint density at radius 1 is 1.18 bits per heavy atom. The summed E-state index contributed by atoms with van der Waals surface area (Å²) in [5, 5.41) is 17.9. The Bertz CT molecular complexity index is 621. The van der Waals surface area contributed by atoms with Gasteiger partial charge in [-0.1, -0.05) is 13.0 Å². The molecule has 0 bridgehead atoms. The van der Waals surface area contributed by atoms with Crippen LogP contribution in [0.1, 0.15) is 62.6 Å². The molecule has 0 aromatic carbocycles. The molecule has 1 aromatic rings. The molecule has 3 unspecified atom stereocenters. The number of aromatic amines is 1. The van der Waals surface area contributed by atoms with Gasteiger partial charge in [0.15, 0.2) is 0 Å². The van der Waals surface area contributed by atoms with Crippen LogP contribution >= 0.6 is 0 Å². The zero-order valence-electron chi connectivity index (χ0n) is 13.3. The summed E-state index contributed by atoms with van der Waals surface area (Å²) in [7, 11) is 0. The van der Waals surface area contributed by atoms with E-state index in [9.17, 15) is 5.11 Å². The normalized spacial score (nSPS) is 49.2. The topological polar surface area (TPSA) is 48.9 Å². The Balaban J connectivity index is 1.48. The minimum absolute atomic E-state index is 0.0569. The van der Waals surface area contributed by atoms with Gasteiger partial charge in [0.2, 0.25) is 0 Å². The van der Waals surface area contributed by atoms with Crippen LogP contribution in [0.25, 0.3) is 6.08 Å². The number of allylic oxidation sites excluding steroid dienone is 1. The van der Waals surface area contributed by atoms with Crippen molar-refractivity contribution >= 4 is 6.08 Å². The molecular formula is C19H26N2O. The highest BCUT2D eigenvalue weighted by atomic mass is 16.3. The zero-order valence-corrected chi connectivity index (χ0v) is 13.3. The molecule has 2 N–H and O–H groups in total. The van der Waals surface area contributed by atoms with Crippen LogP contribution in [-0.4, -0.2) is 21.4 Å². The van der Waals surface area contributed by atoms with Gasteiger partial charge in [-0.2, -0.15) is 5.10 Å². The summed E-state index contributed by atoms with van der Waals surface area (Å²) in [6.07, 6.45) is 14.2. The highest BCUT2D eigenvalue weighted by molar-refractivity contribution is 5.54. The standard InChI is InChI=1S/C19H26N2O/c1-19-9-8-13-11-4-6-17-15(10-20-21-17)12(11)2-3-14(13)16(19)5-7-18(19)22/h4,6,10-14,16,18,22H,2-3,5,7-9H2,1H3,(H,20,21)/t11-,12+,13?,14?,16?,18-,19-/m0/s1. The molecule has 5 rings (SSSR count). The molecule has 7 atom stereocenters. The highest BCUT2D eigenvalue weighted by Gasteiger charge is 2.56. The van der Waals surface area contributed by atoms with E-state index in [1.807, 2.05) is 0 Å². The van der Waals surface area contributed by atoms with Gasteiger partial charge < -0.3 is 5.11 Å². The van der Waals surface area contributed by atoms with Crippen molar-refractivity contribution in [2.75, 3.05) is 0 Å². The van der Waals surface area contributed by atoms with Gasteiger partial charge in [0.1, 0.15) is 0 Å². The maximum Gasteiger partial charge on any atom is 0.0880 e. The molecule has 3 saturated carbocycles. The van der Waals surface area contributed by atoms with Crippen molar-refractivity contribution in [1.29, 1.82) is 0 Å². The van der Waals surface area contributed by atoms with Gasteiger partial charge in [0, 0.05) is 11.8 Å². The molecule has 22 heavy (non-hydrogen) atoms. The molecule has 3 nitrogen and oxygen atoms in total. The van der Waals surface area contributed by atoms with Crippen molar-refractivity contribution in [3.05, 3.63) is 23.5 Å². The van der Waals surface area contributed by atoms with Gasteiger partial charge in [0.25, 0.3) is 0 Å². The number of rotatable bonds is 0. The van der Waals surface area contributed by atoms with Gasteiger partial charge in [-0.05, 0) is 79.6 Å². The zero-order chi connectivity index (χ0) is 14.9. The van der Waals surface area contributed by atoms with E-state index in [1.165, 1.54) is 37.7 Å². The average Bonchev–Trinajstić information content (AvgIpc) is 3.12. The Morgan fingerprint density at radius 3 is 3.00 bits per heavy atom. The second-order valence-corrected chi connectivity index (χ2v) is 8.42. The van der Waals surface area contributed by atoms with E-state index in [0.717, 1.165) is 29.9 Å². The molecule has 0 amide bonds. The smallest absolute Gasteiger partial charge is 0.0880 e. The summed E-state index contributed by atoms with van der Waals surface area (Å²) in [5.41, 5.74) is 2.81. The molecule has 1 heterocycles. The fraction of sp³-hybridized carbons (Fsp3) is 0.737. The third-order valence-electron chi connectivity index (χ3n) is 7.79. The first kappa shape index (κ1) is 13.4. The lowest BCUT2D eigenvalue weighted by atomic mass is 9.51. The van der Waals surface area contributed by atoms with E-state index < -0.39 is 0 Å². The van der Waals surface area contributed by atoms with E-state index in [0.29, 0.717) is 11.8 Å². The SMILES string of the molecule is C[C@]12CCC3C(CC[C@H]4c5c[nH]nc5C=C[C@H]34)C1CC[C@@H]2O. The average molecular weight is 298 g/mol. The van der Waals surface area contributed by atoms with E-state index in [1.54, 1.807) is 0 Å². The number of aliphatic hydroxyl groups is 1. The van der Waals surface area contributed by atoms with Crippen LogP contribution in [0.4, 0.5) is 0 Å². The number of nitrogens with zero attached hydrogens (tertiary/aromatic N) is 1. The van der Waals surface area contributed by atoms with Crippen molar-refractivity contribution in [3.8, 4) is 0 Å². The number of H-pyrrole nitrogens is 1. The molecule has 0 radical (unpaired) electrons. The van der Waals surface area contributed by atoms with Crippen molar-refractivity contribution in [2.45, 2.75) is 57.5 Å². The van der Waals surface area contributed by atoms with Crippen LogP contribution in [-0.2, 0) is 0 Å². The van der Waals surface area contributed by atoms with Gasteiger partial charge >= 0.3 is 0 Å². The third-order valence-corrected chi connectivity index (χ3v) is 7.79. The fourth-order valence-electron chi connectivity index (χ4n) is 6.63. The lowest BCUT2D eigenvalue weighted by Crippen LogP contribution is -2.48. The molecule has 3 fully saturated rings. The predicted molar refractivity (Wildman–Crippen MR) is 86.1 cm³/mol. The number of aromatic nitrogens is 2. The number of hydrogen-bond donors (Lipinski definition) is 2. The minimum atomic E-state index is -0.0569. The third kappa shape index (κ3) is 1.58. The summed E-state index contributed by atoms with van der Waals surface area (Å²) in [6.45, 7) is 2.36. The van der Waals surface area contributed by atoms with E-state index in [4.69, 9.17) is 0 Å². The van der Waals surface area contributed by atoms with Crippen LogP contribution in [0, 0.1) is 29.1 Å². The highest BCUT2D eigenvalue weighted by Crippen LogP contribution is 2.62. The summed E-state index contributed by atoms with van der Waals surface area (Å²) in [6, 6.07) is 0. The summed E-state index contributed by atoms with van der Waals surface area (Å²) in [5.74, 6) is 3.78. The molecule has 3 heteroatoms. The maximum atomic E-state index is 10.5. The molecule has 0 saturated heterocycles. The summed E-state index contributed by atoms with van der Waals surface area (Å²) < 4.78 is 0. The van der Waals surface area contributed by atoms with E-state index in [-0.39, 0.29) is 11.5 Å². The Morgan fingerprint density at radius 2 is 2.09 bits per heavy atom. The van der Waals surface area contributed by atoms with Crippen LogP contribution < -0.4 is 0 Å². The lowest BCUT2D eigenvalue weighted by molar-refractivity contribution is -0.0585. The van der Waals surface area contributed by atoms with E-state index >= 15 is 0 Å². The Kier molecular flexibility index (Phi) is 2.71. The monoisotopic (exact) mass is 298 g/mol. The predicted octanol–water partition coefficient (Wildman–Crippen LogP) is 3.73. The van der Waals surface area contributed by atoms with Crippen molar-refractivity contribution in [1.82, 2.24) is 10.2 Å². The largest absolute Gasteiger partial charge is 0.393 e. The quantitative estimate of drug-likeness (QED) is 0.766. The molecular weight excluding hydrogens is 272 g/mol. The van der Waals surface area contributed by atoms with Gasteiger partial charge in [-0.25, -0.2) is 0 Å². The van der Waals surface area contributed by atoms with Crippen LogP contribution in [0.2, 0.25) is 0 Å². The maximum absolute atomic E-state index is 10.5. The van der Waals surface area contributed by atoms with Crippen LogP contribution in [0.5, 0.6) is 0 Å². The van der Waals surface area contributed by atoms with Crippen molar-refractivity contribution in [2.24, 2.45) is 29.1 Å². The molecule has 118 valence electrons. The first-order valence-corrected chi connectivity index (χ1v) is 9.08. The van der Waals surface area contributed by atoms with Crippen molar-refractivity contribution in [3.63, 3.8) is 0 Å². The van der Waals surface area contributed by atoms with Gasteiger partial charge in [-0.15, -0.1) is 0 Å². The summed E-state index contributed by atoms with van der Waals surface area (Å²) in [4.78, 5) is 0. The summed E-state index contributed by atoms with van der Waals surface area (Å²) >= 11 is 0. The van der Waals surface area contributed by atoms with Gasteiger partial charge in [-0.3, -0.25) is 5.10 Å².